The summed E-state index contributed by atoms with van der Waals surface area (Å²) in [6.45, 7) is 1.62. The molecule has 5 rings (SSSR count). The van der Waals surface area contributed by atoms with Crippen molar-refractivity contribution in [1.82, 2.24) is 15.1 Å². The number of halogens is 3. The molecule has 7 nitrogen and oxygen atoms in total. The molecule has 1 aromatic carbocycles. The molecule has 4 aliphatic rings. The van der Waals surface area contributed by atoms with Crippen LogP contribution in [-0.4, -0.2) is 80.0 Å². The van der Waals surface area contributed by atoms with Crippen LogP contribution in [0.5, 0.6) is 0 Å². The minimum Gasteiger partial charge on any atom is -0.385 e. The van der Waals surface area contributed by atoms with Crippen LogP contribution in [-0.2, 0) is 20.8 Å². The molecule has 0 bridgehead atoms. The first-order valence-electron chi connectivity index (χ1n) is 14.8. The van der Waals surface area contributed by atoms with Crippen LogP contribution >= 0.6 is 11.6 Å². The van der Waals surface area contributed by atoms with Gasteiger partial charge in [-0.3, -0.25) is 14.5 Å². The number of anilines is 1. The second-order valence-corrected chi connectivity index (χ2v) is 11.7. The summed E-state index contributed by atoms with van der Waals surface area (Å²) in [5, 5.41) is 6.60. The van der Waals surface area contributed by atoms with Crippen LogP contribution in [0, 0.1) is 17.3 Å². The molecule has 2 aliphatic carbocycles. The van der Waals surface area contributed by atoms with Crippen LogP contribution in [0.25, 0.3) is 0 Å². The number of ether oxygens (including phenoxy) is 1. The average molecular weight is 555 g/mol. The Morgan fingerprint density at radius 2 is 1.82 bits per heavy atom. The van der Waals surface area contributed by atoms with Gasteiger partial charge in [0.2, 0.25) is 17.7 Å². The smallest absolute Gasteiger partial charge is 0.248 e. The van der Waals surface area contributed by atoms with Crippen molar-refractivity contribution in [1.29, 1.82) is 0 Å². The van der Waals surface area contributed by atoms with Crippen LogP contribution in [0.3, 0.4) is 0 Å². The van der Waals surface area contributed by atoms with E-state index in [0.29, 0.717) is 67.6 Å². The van der Waals surface area contributed by atoms with Gasteiger partial charge >= 0.3 is 0 Å². The molecule has 2 amide bonds. The van der Waals surface area contributed by atoms with Crippen molar-refractivity contribution in [2.75, 3.05) is 57.8 Å². The number of benzene rings is 1. The number of hydrogen-bond acceptors (Lipinski definition) is 5. The van der Waals surface area contributed by atoms with Crippen molar-refractivity contribution in [3.63, 3.8) is 0 Å². The summed E-state index contributed by atoms with van der Waals surface area (Å²) in [5.41, 5.74) is 0.866. The van der Waals surface area contributed by atoms with E-state index in [1.54, 1.807) is 21.9 Å². The fourth-order valence-electron chi connectivity index (χ4n) is 5.99. The van der Waals surface area contributed by atoms with Gasteiger partial charge in [0.05, 0.1) is 6.54 Å². The van der Waals surface area contributed by atoms with Crippen molar-refractivity contribution in [2.24, 2.45) is 17.3 Å². The molecule has 2 saturated carbocycles. The zero-order valence-electron chi connectivity index (χ0n) is 23.7. The van der Waals surface area contributed by atoms with Gasteiger partial charge in [-0.1, -0.05) is 11.6 Å². The van der Waals surface area contributed by atoms with Crippen LogP contribution in [0.15, 0.2) is 18.2 Å². The first-order chi connectivity index (χ1) is 19.0. The van der Waals surface area contributed by atoms with E-state index in [-0.39, 0.29) is 42.5 Å². The van der Waals surface area contributed by atoms with E-state index >= 15 is 0 Å². The summed E-state index contributed by atoms with van der Waals surface area (Å²) in [5.74, 6) is -2.89. The van der Waals surface area contributed by atoms with Gasteiger partial charge in [-0.05, 0) is 67.2 Å². The highest BCUT2D eigenvalue weighted by atomic mass is 35.5. The molecular weight excluding hydrogens is 514 g/mol. The third-order valence-corrected chi connectivity index (χ3v) is 8.95. The lowest BCUT2D eigenvalue weighted by Crippen LogP contribution is -2.51. The van der Waals surface area contributed by atoms with Crippen molar-refractivity contribution < 1.29 is 25.8 Å². The molecule has 2 heterocycles. The maximum absolute atomic E-state index is 13.5. The Bertz CT molecular complexity index is 1090. The van der Waals surface area contributed by atoms with E-state index in [1.165, 1.54) is 0 Å². The number of amides is 2. The average Bonchev–Trinajstić information content (AvgIpc) is 3.67. The molecule has 1 unspecified atom stereocenters. The Labute approximate surface area is 231 Å². The Morgan fingerprint density at radius 3 is 2.53 bits per heavy atom. The number of nitrogens with zero attached hydrogens (tertiary/aromatic N) is 2. The molecule has 1 spiro atoms. The molecule has 38 heavy (non-hydrogen) atoms. The summed E-state index contributed by atoms with van der Waals surface area (Å²) >= 11 is 6.27. The van der Waals surface area contributed by atoms with E-state index in [0.717, 1.165) is 32.6 Å². The van der Waals surface area contributed by atoms with Gasteiger partial charge in [-0.2, -0.15) is 0 Å². The SMILES string of the molecule is [2H]C([2H])(c1cc(Cl)ccc1NCC1CCOCC1)N1CCN(C(=O)CNC(=O)C2CC23CCC(F)(F)CC3)CC1. The van der Waals surface area contributed by atoms with Gasteiger partial charge in [0.25, 0.3) is 0 Å². The Hall–Kier alpha value is -1.97. The second kappa shape index (κ2) is 11.6. The van der Waals surface area contributed by atoms with Crippen LogP contribution in [0.2, 0.25) is 5.02 Å². The number of hydrogen-bond donors (Lipinski definition) is 2. The molecule has 2 aliphatic heterocycles. The zero-order valence-corrected chi connectivity index (χ0v) is 22.5. The molecular formula is C28H39ClF2N4O3. The third kappa shape index (κ3) is 6.77. The number of nitrogens with one attached hydrogen (secondary N) is 2. The predicted molar refractivity (Wildman–Crippen MR) is 142 cm³/mol. The molecule has 210 valence electrons. The minimum absolute atomic E-state index is 0.136. The van der Waals surface area contributed by atoms with E-state index in [4.69, 9.17) is 19.1 Å². The van der Waals surface area contributed by atoms with Crippen LogP contribution < -0.4 is 10.6 Å². The first-order valence-corrected chi connectivity index (χ1v) is 14.2. The molecule has 0 aromatic heterocycles. The van der Waals surface area contributed by atoms with E-state index in [1.807, 2.05) is 6.07 Å². The number of piperazine rings is 1. The summed E-state index contributed by atoms with van der Waals surface area (Å²) in [6, 6.07) is 5.24. The molecule has 10 heteroatoms. The van der Waals surface area contributed by atoms with Gasteiger partial charge in [-0.25, -0.2) is 8.78 Å². The van der Waals surface area contributed by atoms with Gasteiger partial charge < -0.3 is 20.3 Å². The van der Waals surface area contributed by atoms with Crippen molar-refractivity contribution >= 4 is 29.1 Å². The normalized spacial score (nSPS) is 26.4. The maximum atomic E-state index is 13.5. The van der Waals surface area contributed by atoms with E-state index in [2.05, 4.69) is 10.6 Å². The fraction of sp³-hybridized carbons (Fsp3) is 0.714. The van der Waals surface area contributed by atoms with E-state index < -0.39 is 12.4 Å². The van der Waals surface area contributed by atoms with Gasteiger partial charge in [0.15, 0.2) is 0 Å². The largest absolute Gasteiger partial charge is 0.385 e. The predicted octanol–water partition coefficient (Wildman–Crippen LogP) is 4.15. The van der Waals surface area contributed by atoms with Crippen molar-refractivity contribution in [3.8, 4) is 0 Å². The van der Waals surface area contributed by atoms with Crippen LogP contribution in [0.4, 0.5) is 14.5 Å². The van der Waals surface area contributed by atoms with Gasteiger partial charge in [0, 0.05) is 84.6 Å². The zero-order chi connectivity index (χ0) is 28.5. The molecule has 2 N–H and O–H groups in total. The second-order valence-electron chi connectivity index (χ2n) is 11.3. The lowest BCUT2D eigenvalue weighted by Gasteiger charge is -2.35. The van der Waals surface area contributed by atoms with Gasteiger partial charge in [0.1, 0.15) is 0 Å². The Balaban J connectivity index is 1.11. The Kier molecular flexibility index (Phi) is 7.67. The fourth-order valence-corrected chi connectivity index (χ4v) is 6.16. The molecule has 1 atom stereocenters. The third-order valence-electron chi connectivity index (χ3n) is 8.71. The topological polar surface area (TPSA) is 73.9 Å². The summed E-state index contributed by atoms with van der Waals surface area (Å²) < 4.78 is 50.4. The highest BCUT2D eigenvalue weighted by Crippen LogP contribution is 2.63. The first kappa shape index (κ1) is 25.0. The highest BCUT2D eigenvalue weighted by molar-refractivity contribution is 6.30. The summed E-state index contributed by atoms with van der Waals surface area (Å²) in [7, 11) is 0. The van der Waals surface area contributed by atoms with Crippen molar-refractivity contribution in [2.45, 2.75) is 57.4 Å². The monoisotopic (exact) mass is 554 g/mol. The summed E-state index contributed by atoms with van der Waals surface area (Å²) in [6.07, 6.45) is 2.93. The quantitative estimate of drug-likeness (QED) is 0.505. The maximum Gasteiger partial charge on any atom is 0.248 e. The number of alkyl halides is 2. The molecule has 0 radical (unpaired) electrons. The van der Waals surface area contributed by atoms with Gasteiger partial charge in [-0.15, -0.1) is 0 Å². The number of carbonyl (C=O) groups is 2. The highest BCUT2D eigenvalue weighted by Gasteiger charge is 2.60. The van der Waals surface area contributed by atoms with Crippen LogP contribution in [0.1, 0.15) is 53.3 Å². The minimum atomic E-state index is -2.63. The molecule has 1 aromatic rings. The molecule has 2 saturated heterocycles. The van der Waals surface area contributed by atoms with E-state index in [9.17, 15) is 18.4 Å². The Morgan fingerprint density at radius 1 is 1.11 bits per heavy atom. The number of carbonyl (C=O) groups excluding carboxylic acids is 2. The standard InChI is InChI=1S/C28H39ClF2N4O3/c29-22-1-2-24(32-17-20-3-13-38-14-4-20)21(15-22)19-34-9-11-35(12-10-34)25(36)18-33-26(37)23-16-27(23)5-7-28(30,31)8-6-27/h1-2,15,20,23,32H,3-14,16-19H2,(H,33,37)/i19D2. The molecule has 4 fully saturated rings. The van der Waals surface area contributed by atoms with Crippen molar-refractivity contribution in [3.05, 3.63) is 28.8 Å². The number of rotatable bonds is 8. The lowest BCUT2D eigenvalue weighted by molar-refractivity contribution is -0.135. The summed E-state index contributed by atoms with van der Waals surface area (Å²) in [4.78, 5) is 28.8. The lowest BCUT2D eigenvalue weighted by atomic mass is 9.82.